The van der Waals surface area contributed by atoms with Crippen molar-refractivity contribution in [1.82, 2.24) is 5.43 Å². The summed E-state index contributed by atoms with van der Waals surface area (Å²) in [7, 11) is 0. The molecule has 5 heteroatoms. The summed E-state index contributed by atoms with van der Waals surface area (Å²) in [6.07, 6.45) is 1.62. The summed E-state index contributed by atoms with van der Waals surface area (Å²) in [4.78, 5) is 12.0. The van der Waals surface area contributed by atoms with Gasteiger partial charge in [-0.3, -0.25) is 4.79 Å². The molecular weight excluding hydrogens is 331 g/mol. The molecule has 0 saturated carbocycles. The van der Waals surface area contributed by atoms with E-state index in [9.17, 15) is 4.79 Å². The summed E-state index contributed by atoms with van der Waals surface area (Å²) < 4.78 is 0. The van der Waals surface area contributed by atoms with Crippen LogP contribution in [-0.4, -0.2) is 12.1 Å². The SMILES string of the molecule is O=C(NN=Cc1cccc2ccccc12)c1ccc(Cl)c(Cl)c1. The average molecular weight is 343 g/mol. The summed E-state index contributed by atoms with van der Waals surface area (Å²) in [6.45, 7) is 0. The number of nitrogens with one attached hydrogen (secondary N) is 1. The summed E-state index contributed by atoms with van der Waals surface area (Å²) in [6, 6.07) is 18.6. The maximum atomic E-state index is 12.0. The van der Waals surface area contributed by atoms with Crippen molar-refractivity contribution in [1.29, 1.82) is 0 Å². The van der Waals surface area contributed by atoms with Crippen LogP contribution in [0.1, 0.15) is 15.9 Å². The van der Waals surface area contributed by atoms with Crippen LogP contribution in [0.25, 0.3) is 10.8 Å². The van der Waals surface area contributed by atoms with Crippen LogP contribution in [0.15, 0.2) is 65.8 Å². The Morgan fingerprint density at radius 3 is 2.57 bits per heavy atom. The summed E-state index contributed by atoms with van der Waals surface area (Å²) in [5.41, 5.74) is 3.81. The highest BCUT2D eigenvalue weighted by Crippen LogP contribution is 2.22. The van der Waals surface area contributed by atoms with Gasteiger partial charge in [0.15, 0.2) is 0 Å². The number of nitrogens with zero attached hydrogens (tertiary/aromatic N) is 1. The first kappa shape index (κ1) is 15.5. The maximum absolute atomic E-state index is 12.0. The predicted molar refractivity (Wildman–Crippen MR) is 95.5 cm³/mol. The van der Waals surface area contributed by atoms with Gasteiger partial charge in [-0.2, -0.15) is 5.10 Å². The van der Waals surface area contributed by atoms with Gasteiger partial charge >= 0.3 is 0 Å². The smallest absolute Gasteiger partial charge is 0.267 e. The van der Waals surface area contributed by atoms with Crippen LogP contribution in [0.4, 0.5) is 0 Å². The van der Waals surface area contributed by atoms with Crippen molar-refractivity contribution in [2.45, 2.75) is 0 Å². The number of halogens is 2. The van der Waals surface area contributed by atoms with Crippen LogP contribution < -0.4 is 5.43 Å². The van der Waals surface area contributed by atoms with Crippen molar-refractivity contribution in [3.05, 3.63) is 81.8 Å². The molecule has 23 heavy (non-hydrogen) atoms. The number of hydrogen-bond donors (Lipinski definition) is 1. The molecule has 0 aliphatic heterocycles. The third-order valence-electron chi connectivity index (χ3n) is 3.37. The van der Waals surface area contributed by atoms with E-state index in [-0.39, 0.29) is 5.91 Å². The standard InChI is InChI=1S/C18H12Cl2N2O/c19-16-9-8-13(10-17(16)20)18(23)22-21-11-14-6-3-5-12-4-1-2-7-15(12)14/h1-11H,(H,22,23). The zero-order chi connectivity index (χ0) is 16.2. The first-order valence-electron chi connectivity index (χ1n) is 6.91. The lowest BCUT2D eigenvalue weighted by atomic mass is 10.1. The number of rotatable bonds is 3. The number of carbonyl (C=O) groups excluding carboxylic acids is 1. The number of hydrogen-bond acceptors (Lipinski definition) is 2. The Morgan fingerprint density at radius 1 is 0.957 bits per heavy atom. The second-order valence-electron chi connectivity index (χ2n) is 4.90. The van der Waals surface area contributed by atoms with E-state index >= 15 is 0 Å². The maximum Gasteiger partial charge on any atom is 0.271 e. The van der Waals surface area contributed by atoms with Crippen molar-refractivity contribution in [3.8, 4) is 0 Å². The fraction of sp³-hybridized carbons (Fsp3) is 0. The largest absolute Gasteiger partial charge is 0.271 e. The molecule has 0 heterocycles. The van der Waals surface area contributed by atoms with Gasteiger partial charge in [-0.05, 0) is 29.0 Å². The Morgan fingerprint density at radius 2 is 1.74 bits per heavy atom. The van der Waals surface area contributed by atoms with Crippen LogP contribution in [0.2, 0.25) is 10.0 Å². The predicted octanol–water partition coefficient (Wildman–Crippen LogP) is 4.91. The molecule has 3 nitrogen and oxygen atoms in total. The molecule has 0 bridgehead atoms. The first-order valence-corrected chi connectivity index (χ1v) is 7.67. The molecule has 0 aliphatic carbocycles. The fourth-order valence-electron chi connectivity index (χ4n) is 2.23. The van der Waals surface area contributed by atoms with Crippen molar-refractivity contribution in [3.63, 3.8) is 0 Å². The molecule has 0 atom stereocenters. The zero-order valence-electron chi connectivity index (χ0n) is 12.0. The Hall–Kier alpha value is -2.36. The second-order valence-corrected chi connectivity index (χ2v) is 5.71. The molecule has 1 amide bonds. The summed E-state index contributed by atoms with van der Waals surface area (Å²) >= 11 is 11.7. The van der Waals surface area contributed by atoms with Crippen LogP contribution in [0.5, 0.6) is 0 Å². The highest BCUT2D eigenvalue weighted by atomic mass is 35.5. The van der Waals surface area contributed by atoms with Gasteiger partial charge in [0.2, 0.25) is 0 Å². The molecule has 0 radical (unpaired) electrons. The van der Waals surface area contributed by atoms with Crippen molar-refractivity contribution < 1.29 is 4.79 Å². The Kier molecular flexibility index (Phi) is 4.60. The molecule has 1 N–H and O–H groups in total. The third-order valence-corrected chi connectivity index (χ3v) is 4.11. The number of benzene rings is 3. The van der Waals surface area contributed by atoms with E-state index in [2.05, 4.69) is 10.5 Å². The number of hydrazone groups is 1. The van der Waals surface area contributed by atoms with Crippen LogP contribution >= 0.6 is 23.2 Å². The minimum absolute atomic E-state index is 0.331. The van der Waals surface area contributed by atoms with Gasteiger partial charge in [0.05, 0.1) is 16.3 Å². The Balaban J connectivity index is 1.77. The molecule has 3 rings (SSSR count). The molecule has 0 aromatic heterocycles. The molecule has 0 fully saturated rings. The number of carbonyl (C=O) groups is 1. The van der Waals surface area contributed by atoms with Gasteiger partial charge in [0.25, 0.3) is 5.91 Å². The normalized spacial score (nSPS) is 11.0. The third kappa shape index (κ3) is 3.52. The fourth-order valence-corrected chi connectivity index (χ4v) is 2.52. The van der Waals surface area contributed by atoms with Crippen molar-refractivity contribution in [2.24, 2.45) is 5.10 Å². The number of amides is 1. The van der Waals surface area contributed by atoms with Gasteiger partial charge in [0.1, 0.15) is 0 Å². The van der Waals surface area contributed by atoms with Crippen LogP contribution in [-0.2, 0) is 0 Å². The van der Waals surface area contributed by atoms with E-state index in [0.29, 0.717) is 15.6 Å². The molecule has 114 valence electrons. The van der Waals surface area contributed by atoms with E-state index in [1.165, 1.54) is 6.07 Å². The molecule has 0 aliphatic rings. The average Bonchev–Trinajstić information content (AvgIpc) is 2.57. The summed E-state index contributed by atoms with van der Waals surface area (Å²) in [5.74, 6) is -0.347. The Bertz CT molecular complexity index is 901. The van der Waals surface area contributed by atoms with E-state index in [4.69, 9.17) is 23.2 Å². The monoisotopic (exact) mass is 342 g/mol. The first-order chi connectivity index (χ1) is 11.1. The quantitative estimate of drug-likeness (QED) is 0.533. The molecule has 0 unspecified atom stereocenters. The zero-order valence-corrected chi connectivity index (χ0v) is 13.5. The number of fused-ring (bicyclic) bond motifs is 1. The molecule has 0 spiro atoms. The van der Waals surface area contributed by atoms with E-state index in [1.807, 2.05) is 42.5 Å². The minimum Gasteiger partial charge on any atom is -0.267 e. The lowest BCUT2D eigenvalue weighted by Gasteiger charge is -2.03. The molecule has 0 saturated heterocycles. The van der Waals surface area contributed by atoms with Gasteiger partial charge in [-0.25, -0.2) is 5.43 Å². The minimum atomic E-state index is -0.347. The molecular formula is C18H12Cl2N2O. The van der Waals surface area contributed by atoms with Crippen molar-refractivity contribution in [2.75, 3.05) is 0 Å². The Labute approximate surface area is 143 Å². The lowest BCUT2D eigenvalue weighted by Crippen LogP contribution is -2.17. The molecule has 3 aromatic carbocycles. The van der Waals surface area contributed by atoms with E-state index < -0.39 is 0 Å². The van der Waals surface area contributed by atoms with Gasteiger partial charge in [-0.15, -0.1) is 0 Å². The highest BCUT2D eigenvalue weighted by molar-refractivity contribution is 6.42. The van der Waals surface area contributed by atoms with Gasteiger partial charge in [0, 0.05) is 11.1 Å². The van der Waals surface area contributed by atoms with Gasteiger partial charge in [-0.1, -0.05) is 65.7 Å². The van der Waals surface area contributed by atoms with E-state index in [0.717, 1.165) is 16.3 Å². The van der Waals surface area contributed by atoms with Crippen LogP contribution in [0.3, 0.4) is 0 Å². The van der Waals surface area contributed by atoms with Gasteiger partial charge < -0.3 is 0 Å². The molecule has 3 aromatic rings. The second kappa shape index (κ2) is 6.82. The van der Waals surface area contributed by atoms with E-state index in [1.54, 1.807) is 18.3 Å². The van der Waals surface area contributed by atoms with Crippen molar-refractivity contribution >= 4 is 46.1 Å². The highest BCUT2D eigenvalue weighted by Gasteiger charge is 2.07. The van der Waals surface area contributed by atoms with Crippen LogP contribution in [0, 0.1) is 0 Å². The summed E-state index contributed by atoms with van der Waals surface area (Å²) in [5, 5.41) is 6.95. The topological polar surface area (TPSA) is 41.5 Å². The lowest BCUT2D eigenvalue weighted by molar-refractivity contribution is 0.0955.